The quantitative estimate of drug-likeness (QED) is 0.699. The predicted octanol–water partition coefficient (Wildman–Crippen LogP) is 2.43. The maximum absolute atomic E-state index is 5.62. The average Bonchev–Trinajstić information content (AvgIpc) is 2.43. The molecule has 0 aliphatic heterocycles. The van der Waals surface area contributed by atoms with Crippen LogP contribution in [0.1, 0.15) is 44.5 Å². The smallest absolute Gasteiger partial charge is 0.200 e. The molecule has 1 heterocycles. The number of rotatable bonds is 7. The number of nitrogens with zero attached hydrogens (tertiary/aromatic N) is 2. The summed E-state index contributed by atoms with van der Waals surface area (Å²) < 4.78 is 16.0. The van der Waals surface area contributed by atoms with Crippen LogP contribution in [0.3, 0.4) is 0 Å². The van der Waals surface area contributed by atoms with Crippen molar-refractivity contribution in [2.24, 2.45) is 0 Å². The zero-order valence-electron chi connectivity index (χ0n) is 11.8. The summed E-state index contributed by atoms with van der Waals surface area (Å²) in [7, 11) is 4.85. The lowest BCUT2D eigenvalue weighted by Crippen LogP contribution is -2.30. The maximum Gasteiger partial charge on any atom is 0.200 e. The Labute approximate surface area is 108 Å². The second-order valence-electron chi connectivity index (χ2n) is 4.01. The fourth-order valence-corrected chi connectivity index (χ4v) is 2.01. The lowest BCUT2D eigenvalue weighted by molar-refractivity contribution is -0.109. The summed E-state index contributed by atoms with van der Waals surface area (Å²) in [5, 5.41) is 0. The van der Waals surface area contributed by atoms with Gasteiger partial charge in [-0.05, 0) is 18.9 Å². The molecule has 5 heteroatoms. The molecule has 5 nitrogen and oxygen atoms in total. The molecule has 1 aromatic rings. The summed E-state index contributed by atoms with van der Waals surface area (Å²) in [5.41, 5.74) is 0.260. The molecule has 1 rings (SSSR count). The second-order valence-corrected chi connectivity index (χ2v) is 4.01. The van der Waals surface area contributed by atoms with E-state index in [0.29, 0.717) is 11.5 Å². The van der Waals surface area contributed by atoms with Gasteiger partial charge in [-0.2, -0.15) is 0 Å². The van der Waals surface area contributed by atoms with Crippen LogP contribution in [0.4, 0.5) is 0 Å². The molecular weight excluding hydrogens is 232 g/mol. The van der Waals surface area contributed by atoms with Crippen LogP contribution >= 0.6 is 0 Å². The van der Waals surface area contributed by atoms with E-state index in [1.165, 1.54) is 0 Å². The Bertz CT molecular complexity index is 355. The topological polar surface area (TPSA) is 53.5 Å². The van der Waals surface area contributed by atoms with E-state index in [1.807, 2.05) is 0 Å². The Kier molecular flexibility index (Phi) is 5.65. The third-order valence-corrected chi connectivity index (χ3v) is 3.29. The first-order chi connectivity index (χ1) is 8.67. The summed E-state index contributed by atoms with van der Waals surface area (Å²) in [4.78, 5) is 8.84. The van der Waals surface area contributed by atoms with Gasteiger partial charge in [-0.1, -0.05) is 13.8 Å². The highest BCUT2D eigenvalue weighted by Crippen LogP contribution is 2.30. The molecule has 0 bridgehead atoms. The Hall–Kier alpha value is -1.04. The number of aromatic nitrogens is 2. The van der Waals surface area contributed by atoms with Crippen LogP contribution < -0.4 is 0 Å². The molecule has 0 aliphatic carbocycles. The van der Waals surface area contributed by atoms with Gasteiger partial charge < -0.3 is 14.2 Å². The molecule has 0 amide bonds. The van der Waals surface area contributed by atoms with Gasteiger partial charge >= 0.3 is 0 Å². The molecule has 0 aliphatic rings. The van der Waals surface area contributed by atoms with Gasteiger partial charge in [0.15, 0.2) is 5.82 Å². The predicted molar refractivity (Wildman–Crippen MR) is 68.1 cm³/mol. The fraction of sp³-hybridized carbons (Fsp3) is 0.692. The summed E-state index contributed by atoms with van der Waals surface area (Å²) >= 11 is 0. The maximum atomic E-state index is 5.62. The summed E-state index contributed by atoms with van der Waals surface area (Å²) in [6.07, 6.45) is 2.86. The van der Waals surface area contributed by atoms with Gasteiger partial charge in [-0.3, -0.25) is 0 Å². The van der Waals surface area contributed by atoms with Gasteiger partial charge in [0.1, 0.15) is 11.3 Å². The molecule has 0 saturated heterocycles. The lowest BCUT2D eigenvalue weighted by atomic mass is 9.96. The Balaban J connectivity index is 3.14. The van der Waals surface area contributed by atoms with Gasteiger partial charge in [0.2, 0.25) is 6.29 Å². The number of hydrogen-bond acceptors (Lipinski definition) is 5. The molecule has 0 fully saturated rings. The minimum Gasteiger partial charge on any atom is -0.370 e. The zero-order valence-corrected chi connectivity index (χ0v) is 11.8. The van der Waals surface area contributed by atoms with E-state index in [2.05, 4.69) is 23.8 Å². The third kappa shape index (κ3) is 2.85. The van der Waals surface area contributed by atoms with E-state index in [0.717, 1.165) is 12.8 Å². The molecule has 1 aromatic heterocycles. The van der Waals surface area contributed by atoms with Crippen molar-refractivity contribution in [3.63, 3.8) is 0 Å². The summed E-state index contributed by atoms with van der Waals surface area (Å²) in [5.74, 6) is 0.673. The van der Waals surface area contributed by atoms with Crippen molar-refractivity contribution in [2.75, 3.05) is 21.3 Å². The Morgan fingerprint density at radius 2 is 1.78 bits per heavy atom. The monoisotopic (exact) mass is 254 g/mol. The van der Waals surface area contributed by atoms with Crippen molar-refractivity contribution in [3.8, 4) is 0 Å². The van der Waals surface area contributed by atoms with Crippen LogP contribution in [0.15, 0.2) is 12.3 Å². The van der Waals surface area contributed by atoms with Crippen molar-refractivity contribution in [3.05, 3.63) is 23.8 Å². The van der Waals surface area contributed by atoms with Gasteiger partial charge in [-0.15, -0.1) is 0 Å². The van der Waals surface area contributed by atoms with Gasteiger partial charge in [-0.25, -0.2) is 9.97 Å². The van der Waals surface area contributed by atoms with E-state index in [4.69, 9.17) is 14.2 Å². The van der Waals surface area contributed by atoms with Crippen LogP contribution in [0.25, 0.3) is 0 Å². The molecule has 102 valence electrons. The van der Waals surface area contributed by atoms with E-state index in [-0.39, 0.29) is 0 Å². The highest BCUT2D eigenvalue weighted by molar-refractivity contribution is 5.09. The SMILES string of the molecule is CCC(CC)(OC)c1nccc(C(OC)OC)n1. The molecule has 0 unspecified atom stereocenters. The van der Waals surface area contributed by atoms with E-state index >= 15 is 0 Å². The molecular formula is C13H22N2O3. The van der Waals surface area contributed by atoms with Crippen molar-refractivity contribution < 1.29 is 14.2 Å². The lowest BCUT2D eigenvalue weighted by Gasteiger charge is -2.28. The van der Waals surface area contributed by atoms with Crippen LogP contribution in [-0.4, -0.2) is 31.3 Å². The molecule has 18 heavy (non-hydrogen) atoms. The highest BCUT2D eigenvalue weighted by atomic mass is 16.7. The molecule has 0 saturated carbocycles. The first-order valence-corrected chi connectivity index (χ1v) is 6.11. The number of ether oxygens (including phenoxy) is 3. The normalized spacial score (nSPS) is 12.1. The van der Waals surface area contributed by atoms with Crippen LogP contribution in [-0.2, 0) is 19.8 Å². The minimum absolute atomic E-state index is 0.442. The molecule has 0 spiro atoms. The minimum atomic E-state index is -0.477. The largest absolute Gasteiger partial charge is 0.370 e. The van der Waals surface area contributed by atoms with Crippen molar-refractivity contribution in [1.29, 1.82) is 0 Å². The summed E-state index contributed by atoms with van der Waals surface area (Å²) in [6.45, 7) is 4.13. The Morgan fingerprint density at radius 3 is 2.22 bits per heavy atom. The first kappa shape index (κ1) is 15.0. The van der Waals surface area contributed by atoms with E-state index in [1.54, 1.807) is 33.6 Å². The van der Waals surface area contributed by atoms with E-state index in [9.17, 15) is 0 Å². The van der Waals surface area contributed by atoms with Crippen LogP contribution in [0.5, 0.6) is 0 Å². The number of methoxy groups -OCH3 is 3. The van der Waals surface area contributed by atoms with Gasteiger partial charge in [0.25, 0.3) is 0 Å². The van der Waals surface area contributed by atoms with E-state index < -0.39 is 11.9 Å². The Morgan fingerprint density at radius 1 is 1.17 bits per heavy atom. The van der Waals surface area contributed by atoms with Gasteiger partial charge in [0.05, 0.1) is 0 Å². The number of hydrogen-bond donors (Lipinski definition) is 0. The van der Waals surface area contributed by atoms with Crippen LogP contribution in [0.2, 0.25) is 0 Å². The second kappa shape index (κ2) is 6.78. The standard InChI is InChI=1S/C13H22N2O3/c1-6-13(7-2,18-5)12-14-9-8-10(15-12)11(16-3)17-4/h8-9,11H,6-7H2,1-5H3. The van der Waals surface area contributed by atoms with Crippen LogP contribution in [0, 0.1) is 0 Å². The van der Waals surface area contributed by atoms with Crippen molar-refractivity contribution in [2.45, 2.75) is 38.6 Å². The highest BCUT2D eigenvalue weighted by Gasteiger charge is 2.32. The third-order valence-electron chi connectivity index (χ3n) is 3.29. The summed E-state index contributed by atoms with van der Waals surface area (Å²) in [6, 6.07) is 1.78. The average molecular weight is 254 g/mol. The molecule has 0 atom stereocenters. The van der Waals surface area contributed by atoms with Crippen molar-refractivity contribution >= 4 is 0 Å². The molecule has 0 aromatic carbocycles. The zero-order chi connectivity index (χ0) is 13.6. The fourth-order valence-electron chi connectivity index (χ4n) is 2.01. The molecule has 0 radical (unpaired) electrons. The molecule has 0 N–H and O–H groups in total. The van der Waals surface area contributed by atoms with Gasteiger partial charge in [0, 0.05) is 27.5 Å². The first-order valence-electron chi connectivity index (χ1n) is 6.11. The van der Waals surface area contributed by atoms with Crippen molar-refractivity contribution in [1.82, 2.24) is 9.97 Å².